The number of hydrogen-bond acceptors (Lipinski definition) is 8. The number of anilines is 2. The Morgan fingerprint density at radius 3 is 2.59 bits per heavy atom. The molecule has 5 rings (SSSR count). The summed E-state index contributed by atoms with van der Waals surface area (Å²) in [6.07, 6.45) is 6.25. The molecule has 0 unspecified atom stereocenters. The van der Waals surface area contributed by atoms with E-state index in [1.165, 1.54) is 12.3 Å². The quantitative estimate of drug-likeness (QED) is 0.346. The zero-order valence-electron chi connectivity index (χ0n) is 24.6. The van der Waals surface area contributed by atoms with E-state index in [2.05, 4.69) is 25.1 Å². The van der Waals surface area contributed by atoms with Gasteiger partial charge in [-0.25, -0.2) is 18.0 Å². The number of nitrogens with zero attached hydrogens (tertiary/aromatic N) is 5. The van der Waals surface area contributed by atoms with Gasteiger partial charge in [-0.2, -0.15) is 9.46 Å². The van der Waals surface area contributed by atoms with Crippen LogP contribution in [0.25, 0.3) is 11.1 Å². The fourth-order valence-electron chi connectivity index (χ4n) is 4.99. The SMILES string of the molecule is Cc1c(-c2cnn(C)c2)cnc(N2CCCC(F)(F)CC2)c1C(=O)Nc1cccc([S@@](C)(=O)=NC(=O)C2CNC2)c1.O=CO. The molecular weight excluding hydrogens is 596 g/mol. The van der Waals surface area contributed by atoms with Gasteiger partial charge in [-0.05, 0) is 37.1 Å². The van der Waals surface area contributed by atoms with E-state index in [-0.39, 0.29) is 43.8 Å². The van der Waals surface area contributed by atoms with Crippen molar-refractivity contribution < 1.29 is 32.5 Å². The average molecular weight is 632 g/mol. The van der Waals surface area contributed by atoms with Crippen molar-refractivity contribution >= 4 is 39.5 Å². The van der Waals surface area contributed by atoms with Gasteiger partial charge in [-0.15, -0.1) is 0 Å². The summed E-state index contributed by atoms with van der Waals surface area (Å²) in [5.41, 5.74) is 2.70. The van der Waals surface area contributed by atoms with E-state index in [1.807, 2.05) is 6.20 Å². The molecule has 0 bridgehead atoms. The van der Waals surface area contributed by atoms with Crippen molar-refractivity contribution in [2.45, 2.75) is 37.0 Å². The minimum Gasteiger partial charge on any atom is -0.483 e. The average Bonchev–Trinajstić information content (AvgIpc) is 3.26. The smallest absolute Gasteiger partial charge is 0.290 e. The maximum absolute atomic E-state index is 14.2. The third-order valence-electron chi connectivity index (χ3n) is 7.50. The second kappa shape index (κ2) is 13.6. The molecule has 12 nitrogen and oxygen atoms in total. The third-order valence-corrected chi connectivity index (χ3v) is 9.16. The Labute approximate surface area is 254 Å². The first-order valence-corrected chi connectivity index (χ1v) is 15.8. The van der Waals surface area contributed by atoms with Crippen LogP contribution in [0.3, 0.4) is 0 Å². The van der Waals surface area contributed by atoms with Crippen molar-refractivity contribution in [1.29, 1.82) is 0 Å². The summed E-state index contributed by atoms with van der Waals surface area (Å²) in [5, 5.41) is 17.0. The Kier molecular flexibility index (Phi) is 10.1. The minimum absolute atomic E-state index is 0.0609. The molecule has 0 saturated carbocycles. The van der Waals surface area contributed by atoms with E-state index in [4.69, 9.17) is 9.90 Å². The second-order valence-corrected chi connectivity index (χ2v) is 13.0. The van der Waals surface area contributed by atoms with E-state index < -0.39 is 27.5 Å². The van der Waals surface area contributed by atoms with Gasteiger partial charge in [0.2, 0.25) is 5.92 Å². The summed E-state index contributed by atoms with van der Waals surface area (Å²) >= 11 is 0. The Morgan fingerprint density at radius 2 is 1.95 bits per heavy atom. The molecule has 2 amide bonds. The number of rotatable bonds is 6. The number of carbonyl (C=O) groups excluding carboxylic acids is 2. The molecule has 2 aromatic heterocycles. The number of amides is 2. The molecule has 3 aromatic rings. The van der Waals surface area contributed by atoms with Crippen LogP contribution < -0.4 is 15.5 Å². The van der Waals surface area contributed by atoms with E-state index in [9.17, 15) is 22.6 Å². The molecule has 2 aliphatic rings. The van der Waals surface area contributed by atoms with Gasteiger partial charge in [0.15, 0.2) is 0 Å². The number of carbonyl (C=O) groups is 3. The van der Waals surface area contributed by atoms with Gasteiger partial charge in [-0.3, -0.25) is 19.1 Å². The Hall–Kier alpha value is -4.24. The van der Waals surface area contributed by atoms with Crippen LogP contribution in [0.1, 0.15) is 35.2 Å². The molecule has 44 heavy (non-hydrogen) atoms. The fourth-order valence-corrected chi connectivity index (χ4v) is 6.27. The van der Waals surface area contributed by atoms with Gasteiger partial charge >= 0.3 is 0 Å². The first kappa shape index (κ1) is 32.7. The molecular formula is C29H35F2N7O5S. The molecule has 0 spiro atoms. The predicted octanol–water partition coefficient (Wildman–Crippen LogP) is 3.57. The Bertz CT molecular complexity index is 1670. The van der Waals surface area contributed by atoms with Crippen LogP contribution in [-0.4, -0.2) is 80.7 Å². The lowest BCUT2D eigenvalue weighted by atomic mass is 9.99. The minimum atomic E-state index is -3.05. The van der Waals surface area contributed by atoms with Crippen LogP contribution in [-0.2, 0) is 26.4 Å². The van der Waals surface area contributed by atoms with E-state index in [0.29, 0.717) is 47.2 Å². The van der Waals surface area contributed by atoms with Crippen molar-refractivity contribution in [3.8, 4) is 11.1 Å². The van der Waals surface area contributed by atoms with Crippen molar-refractivity contribution in [2.75, 3.05) is 42.7 Å². The number of nitrogens with one attached hydrogen (secondary N) is 2. The molecule has 2 fully saturated rings. The number of pyridine rings is 1. The predicted molar refractivity (Wildman–Crippen MR) is 161 cm³/mol. The van der Waals surface area contributed by atoms with Crippen LogP contribution >= 0.6 is 0 Å². The lowest BCUT2D eigenvalue weighted by molar-refractivity contribution is -0.123. The largest absolute Gasteiger partial charge is 0.483 e. The first-order valence-electron chi connectivity index (χ1n) is 13.9. The highest BCUT2D eigenvalue weighted by molar-refractivity contribution is 7.93. The van der Waals surface area contributed by atoms with Crippen molar-refractivity contribution in [3.63, 3.8) is 0 Å². The molecule has 15 heteroatoms. The Balaban J connectivity index is 0.00000141. The molecule has 3 N–H and O–H groups in total. The number of alkyl halides is 2. The lowest BCUT2D eigenvalue weighted by Crippen LogP contribution is -2.46. The lowest BCUT2D eigenvalue weighted by Gasteiger charge is -2.26. The summed E-state index contributed by atoms with van der Waals surface area (Å²) in [6, 6.07) is 6.42. The van der Waals surface area contributed by atoms with Crippen molar-refractivity contribution in [1.82, 2.24) is 20.1 Å². The molecule has 2 aliphatic heterocycles. The van der Waals surface area contributed by atoms with Gasteiger partial charge in [0.1, 0.15) is 5.82 Å². The highest BCUT2D eigenvalue weighted by atomic mass is 32.2. The van der Waals surface area contributed by atoms with Gasteiger partial charge < -0.3 is 20.6 Å². The summed E-state index contributed by atoms with van der Waals surface area (Å²) in [7, 11) is -1.26. The molecule has 1 atom stereocenters. The normalized spacial score (nSPS) is 17.6. The second-order valence-electron chi connectivity index (χ2n) is 10.8. The standard InChI is InChI=1S/C28H33F2N7O3S.CH2O2/c1-18-23(20-15-33-36(2)17-20)16-32-25(37-10-5-8-28(29,30)9-11-37)24(18)27(39)34-21-6-4-7-22(12-21)41(3,40)35-26(38)19-13-31-14-19;2-1-3/h4,6-7,12,15-17,19,31H,5,8-11,13-14H2,1-3H3,(H,34,39);1H,(H,2,3)/t41-;/m1./s1. The molecule has 236 valence electrons. The number of halogens is 2. The fraction of sp³-hybridized carbons (Fsp3) is 0.414. The molecule has 0 radical (unpaired) electrons. The van der Waals surface area contributed by atoms with Gasteiger partial charge in [0.25, 0.3) is 18.3 Å². The van der Waals surface area contributed by atoms with Gasteiger partial charge in [0.05, 0.1) is 27.4 Å². The molecule has 4 heterocycles. The maximum atomic E-state index is 14.2. The zero-order valence-corrected chi connectivity index (χ0v) is 25.4. The Morgan fingerprint density at radius 1 is 1.23 bits per heavy atom. The summed E-state index contributed by atoms with van der Waals surface area (Å²) in [5.74, 6) is -3.61. The molecule has 2 saturated heterocycles. The summed E-state index contributed by atoms with van der Waals surface area (Å²) < 4.78 is 47.3. The molecule has 1 aromatic carbocycles. The maximum Gasteiger partial charge on any atom is 0.290 e. The van der Waals surface area contributed by atoms with Crippen LogP contribution in [0.15, 0.2) is 52.1 Å². The first-order chi connectivity index (χ1) is 20.8. The highest BCUT2D eigenvalue weighted by Gasteiger charge is 2.34. The van der Waals surface area contributed by atoms with Crippen LogP contribution in [0.4, 0.5) is 20.3 Å². The number of benzene rings is 1. The summed E-state index contributed by atoms with van der Waals surface area (Å²) in [4.78, 5) is 41.3. The topological polar surface area (TPSA) is 159 Å². The van der Waals surface area contributed by atoms with Crippen LogP contribution in [0, 0.1) is 12.8 Å². The summed E-state index contributed by atoms with van der Waals surface area (Å²) in [6.45, 7) is 2.97. The number of carboxylic acid groups (broad SMARTS) is 1. The number of aromatic nitrogens is 3. The van der Waals surface area contributed by atoms with Crippen LogP contribution in [0.5, 0.6) is 0 Å². The van der Waals surface area contributed by atoms with Gasteiger partial charge in [-0.1, -0.05) is 6.07 Å². The highest BCUT2D eigenvalue weighted by Crippen LogP contribution is 2.34. The molecule has 0 aliphatic carbocycles. The van der Waals surface area contributed by atoms with Crippen molar-refractivity contribution in [3.05, 3.63) is 54.0 Å². The monoisotopic (exact) mass is 631 g/mol. The van der Waals surface area contributed by atoms with Gasteiger partial charge in [0, 0.05) is 86.4 Å². The van der Waals surface area contributed by atoms with E-state index in [0.717, 1.165) is 5.56 Å². The van der Waals surface area contributed by atoms with Crippen LogP contribution in [0.2, 0.25) is 0 Å². The number of hydrogen-bond donors (Lipinski definition) is 3. The number of aryl methyl sites for hydroxylation is 1. The third kappa shape index (κ3) is 7.63. The van der Waals surface area contributed by atoms with E-state index >= 15 is 0 Å². The zero-order chi connectivity index (χ0) is 32.1. The van der Waals surface area contributed by atoms with Crippen molar-refractivity contribution in [2.24, 2.45) is 17.3 Å². The van der Waals surface area contributed by atoms with E-state index in [1.54, 1.807) is 54.1 Å².